The van der Waals surface area contributed by atoms with E-state index in [1.54, 1.807) is 23.1 Å². The molecule has 0 aromatic carbocycles. The highest BCUT2D eigenvalue weighted by molar-refractivity contribution is 8.02. The minimum Gasteiger partial charge on any atom is -0.298 e. The zero-order chi connectivity index (χ0) is 8.39. The molecule has 0 N–H and O–H groups in total. The number of thioether (sulfide) groups is 1. The maximum absolute atomic E-state index is 11.3. The van der Waals surface area contributed by atoms with Gasteiger partial charge in [-0.2, -0.15) is 0 Å². The second-order valence-corrected chi connectivity index (χ2v) is 5.35. The Kier molecular flexibility index (Phi) is 2.51. The number of thiophene rings is 1. The lowest BCUT2D eigenvalue weighted by atomic mass is 10.3. The number of carbonyl (C=O) groups is 1. The van der Waals surface area contributed by atoms with E-state index in [1.165, 1.54) is 4.21 Å². The van der Waals surface area contributed by atoms with Crippen molar-refractivity contribution in [1.82, 2.24) is 0 Å². The highest BCUT2D eigenvalue weighted by Crippen LogP contribution is 2.34. The van der Waals surface area contributed by atoms with Crippen molar-refractivity contribution in [2.75, 3.05) is 0 Å². The van der Waals surface area contributed by atoms with Crippen LogP contribution < -0.4 is 0 Å². The van der Waals surface area contributed by atoms with E-state index in [0.717, 1.165) is 19.3 Å². The zero-order valence-electron chi connectivity index (χ0n) is 6.66. The largest absolute Gasteiger partial charge is 0.298 e. The molecule has 1 aromatic rings. The molecule has 0 spiro atoms. The number of ketones is 1. The summed E-state index contributed by atoms with van der Waals surface area (Å²) in [6.45, 7) is 0. The summed E-state index contributed by atoms with van der Waals surface area (Å²) in [7, 11) is 0. The van der Waals surface area contributed by atoms with Gasteiger partial charge in [0, 0.05) is 6.42 Å². The molecule has 1 atom stereocenters. The molecule has 64 valence electrons. The van der Waals surface area contributed by atoms with Crippen LogP contribution in [0.15, 0.2) is 21.7 Å². The fourth-order valence-electron chi connectivity index (χ4n) is 1.38. The van der Waals surface area contributed by atoms with Crippen LogP contribution in [0.2, 0.25) is 0 Å². The molecule has 0 bridgehead atoms. The second kappa shape index (κ2) is 3.62. The van der Waals surface area contributed by atoms with Crippen molar-refractivity contribution in [3.05, 3.63) is 17.5 Å². The zero-order valence-corrected chi connectivity index (χ0v) is 8.29. The summed E-state index contributed by atoms with van der Waals surface area (Å²) in [6.07, 6.45) is 2.95. The van der Waals surface area contributed by atoms with Crippen molar-refractivity contribution in [3.8, 4) is 0 Å². The normalized spacial score (nSPS) is 23.3. The molecule has 12 heavy (non-hydrogen) atoms. The Labute approximate surface area is 80.2 Å². The Morgan fingerprint density at radius 3 is 3.08 bits per heavy atom. The third kappa shape index (κ3) is 1.72. The third-order valence-electron chi connectivity index (χ3n) is 2.00. The van der Waals surface area contributed by atoms with Crippen LogP contribution in [-0.2, 0) is 4.79 Å². The van der Waals surface area contributed by atoms with E-state index >= 15 is 0 Å². The van der Waals surface area contributed by atoms with Gasteiger partial charge in [0.2, 0.25) is 0 Å². The number of carbonyl (C=O) groups excluding carboxylic acids is 1. The molecule has 3 heteroatoms. The van der Waals surface area contributed by atoms with Crippen LogP contribution in [0.3, 0.4) is 0 Å². The van der Waals surface area contributed by atoms with E-state index in [0.29, 0.717) is 5.78 Å². The molecule has 1 saturated carbocycles. The Morgan fingerprint density at radius 1 is 1.58 bits per heavy atom. The van der Waals surface area contributed by atoms with Gasteiger partial charge in [0.05, 0.1) is 9.46 Å². The molecule has 1 aliphatic carbocycles. The molecule has 0 aliphatic heterocycles. The SMILES string of the molecule is O=C1CCCC1Sc1cccs1. The summed E-state index contributed by atoms with van der Waals surface area (Å²) in [5.41, 5.74) is 0. The molecule has 1 aromatic heterocycles. The molecule has 1 nitrogen and oxygen atoms in total. The van der Waals surface area contributed by atoms with Crippen LogP contribution >= 0.6 is 23.1 Å². The molecular formula is C9H10OS2. The molecule has 0 saturated heterocycles. The number of Topliss-reactive ketones (excluding diaryl/α,β-unsaturated/α-hetero) is 1. The fraction of sp³-hybridized carbons (Fsp3) is 0.444. The van der Waals surface area contributed by atoms with Gasteiger partial charge < -0.3 is 0 Å². The van der Waals surface area contributed by atoms with Crippen molar-refractivity contribution >= 4 is 28.9 Å². The topological polar surface area (TPSA) is 17.1 Å². The first-order valence-corrected chi connectivity index (χ1v) is 5.85. The lowest BCUT2D eigenvalue weighted by Crippen LogP contribution is -2.06. The van der Waals surface area contributed by atoms with Crippen molar-refractivity contribution < 1.29 is 4.79 Å². The first-order valence-electron chi connectivity index (χ1n) is 4.09. The lowest BCUT2D eigenvalue weighted by Gasteiger charge is -2.03. The predicted molar refractivity (Wildman–Crippen MR) is 52.8 cm³/mol. The van der Waals surface area contributed by atoms with E-state index < -0.39 is 0 Å². The Bertz CT molecular complexity index is 266. The first kappa shape index (κ1) is 8.32. The van der Waals surface area contributed by atoms with Gasteiger partial charge in [-0.25, -0.2) is 0 Å². The van der Waals surface area contributed by atoms with Crippen LogP contribution in [0.25, 0.3) is 0 Å². The predicted octanol–water partition coefficient (Wildman–Crippen LogP) is 2.96. The molecule has 0 amide bonds. The minimum absolute atomic E-state index is 0.253. The molecule has 1 unspecified atom stereocenters. The van der Waals surface area contributed by atoms with Gasteiger partial charge in [-0.1, -0.05) is 6.07 Å². The molecule has 1 fully saturated rings. The maximum Gasteiger partial charge on any atom is 0.146 e. The van der Waals surface area contributed by atoms with Gasteiger partial charge in [-0.05, 0) is 24.3 Å². The van der Waals surface area contributed by atoms with Crippen LogP contribution in [0.4, 0.5) is 0 Å². The number of hydrogen-bond acceptors (Lipinski definition) is 3. The van der Waals surface area contributed by atoms with Crippen LogP contribution in [0.5, 0.6) is 0 Å². The van der Waals surface area contributed by atoms with Crippen LogP contribution in [0.1, 0.15) is 19.3 Å². The molecule has 1 heterocycles. The summed E-state index contributed by atoms with van der Waals surface area (Å²) in [5.74, 6) is 0.438. The number of rotatable bonds is 2. The van der Waals surface area contributed by atoms with Crippen LogP contribution in [0, 0.1) is 0 Å². The van der Waals surface area contributed by atoms with Gasteiger partial charge in [-0.3, -0.25) is 4.79 Å². The summed E-state index contributed by atoms with van der Waals surface area (Å²) in [6, 6.07) is 4.12. The van der Waals surface area contributed by atoms with E-state index in [-0.39, 0.29) is 5.25 Å². The molecule has 2 rings (SSSR count). The standard InChI is InChI=1S/C9H10OS2/c10-7-3-1-4-8(7)12-9-5-2-6-11-9/h2,5-6,8H,1,3-4H2. The van der Waals surface area contributed by atoms with E-state index in [2.05, 4.69) is 11.4 Å². The van der Waals surface area contributed by atoms with E-state index in [9.17, 15) is 4.79 Å². The smallest absolute Gasteiger partial charge is 0.146 e. The Hall–Kier alpha value is -0.280. The highest BCUT2D eigenvalue weighted by Gasteiger charge is 2.25. The summed E-state index contributed by atoms with van der Waals surface area (Å²) >= 11 is 3.46. The summed E-state index contributed by atoms with van der Waals surface area (Å²) in [4.78, 5) is 11.3. The number of hydrogen-bond donors (Lipinski definition) is 0. The van der Waals surface area contributed by atoms with Crippen molar-refractivity contribution in [2.45, 2.75) is 28.7 Å². The van der Waals surface area contributed by atoms with Gasteiger partial charge >= 0.3 is 0 Å². The maximum atomic E-state index is 11.3. The summed E-state index contributed by atoms with van der Waals surface area (Å²) in [5, 5.41) is 2.31. The Balaban J connectivity index is 1.99. The van der Waals surface area contributed by atoms with Gasteiger partial charge in [-0.15, -0.1) is 23.1 Å². The average Bonchev–Trinajstić information content (AvgIpc) is 2.65. The highest BCUT2D eigenvalue weighted by atomic mass is 32.2. The van der Waals surface area contributed by atoms with Crippen molar-refractivity contribution in [3.63, 3.8) is 0 Å². The quantitative estimate of drug-likeness (QED) is 0.726. The van der Waals surface area contributed by atoms with Crippen molar-refractivity contribution in [2.24, 2.45) is 0 Å². The fourth-order valence-corrected chi connectivity index (χ4v) is 3.54. The third-order valence-corrected chi connectivity index (χ3v) is 4.39. The first-order chi connectivity index (χ1) is 5.86. The lowest BCUT2D eigenvalue weighted by molar-refractivity contribution is -0.116. The van der Waals surface area contributed by atoms with Gasteiger partial charge in [0.1, 0.15) is 5.78 Å². The van der Waals surface area contributed by atoms with E-state index in [4.69, 9.17) is 0 Å². The van der Waals surface area contributed by atoms with Crippen LogP contribution in [-0.4, -0.2) is 11.0 Å². The molecular weight excluding hydrogens is 188 g/mol. The van der Waals surface area contributed by atoms with Crippen molar-refractivity contribution in [1.29, 1.82) is 0 Å². The molecule has 0 radical (unpaired) electrons. The monoisotopic (exact) mass is 198 g/mol. The second-order valence-electron chi connectivity index (χ2n) is 2.90. The minimum atomic E-state index is 0.253. The van der Waals surface area contributed by atoms with Gasteiger partial charge in [0.15, 0.2) is 0 Å². The Morgan fingerprint density at radius 2 is 2.50 bits per heavy atom. The van der Waals surface area contributed by atoms with Gasteiger partial charge in [0.25, 0.3) is 0 Å². The average molecular weight is 198 g/mol. The summed E-state index contributed by atoms with van der Waals surface area (Å²) < 4.78 is 1.27. The molecule has 1 aliphatic rings. The van der Waals surface area contributed by atoms with E-state index in [1.807, 2.05) is 6.07 Å².